The van der Waals surface area contributed by atoms with Gasteiger partial charge in [0, 0.05) is 5.69 Å². The summed E-state index contributed by atoms with van der Waals surface area (Å²) in [5.41, 5.74) is 2.67. The fraction of sp³-hybridized carbons (Fsp3) is 0.300. The molecular formula is C20H23ClN2O3. The minimum atomic E-state index is -0.491. The van der Waals surface area contributed by atoms with Gasteiger partial charge in [-0.2, -0.15) is 0 Å². The predicted molar refractivity (Wildman–Crippen MR) is 105 cm³/mol. The standard InChI is InChI=1S/C20H23ClN2O3/c1-20(2,3)14-7-5-6-8-16(14)22-12-18(24)23-17-11-13(19(25)26-4)9-10-15(17)21/h5-11,22H,12H2,1-4H3,(H,23,24). The van der Waals surface area contributed by atoms with Crippen molar-refractivity contribution in [2.75, 3.05) is 24.3 Å². The maximum absolute atomic E-state index is 12.3. The molecule has 0 aliphatic carbocycles. The number of hydrogen-bond acceptors (Lipinski definition) is 4. The molecule has 0 fully saturated rings. The first kappa shape index (κ1) is 19.8. The maximum Gasteiger partial charge on any atom is 0.337 e. The summed E-state index contributed by atoms with van der Waals surface area (Å²) < 4.78 is 4.68. The Labute approximate surface area is 158 Å². The summed E-state index contributed by atoms with van der Waals surface area (Å²) >= 11 is 6.10. The van der Waals surface area contributed by atoms with E-state index in [1.807, 2.05) is 24.3 Å². The first-order chi connectivity index (χ1) is 12.2. The first-order valence-corrected chi connectivity index (χ1v) is 8.61. The van der Waals surface area contributed by atoms with Crippen molar-refractivity contribution in [1.82, 2.24) is 0 Å². The van der Waals surface area contributed by atoms with E-state index < -0.39 is 5.97 Å². The fourth-order valence-electron chi connectivity index (χ4n) is 2.53. The van der Waals surface area contributed by atoms with E-state index in [0.29, 0.717) is 16.3 Å². The molecular weight excluding hydrogens is 352 g/mol. The van der Waals surface area contributed by atoms with Crippen LogP contribution in [0.5, 0.6) is 0 Å². The lowest BCUT2D eigenvalue weighted by Crippen LogP contribution is -2.24. The number of esters is 1. The van der Waals surface area contributed by atoms with E-state index in [4.69, 9.17) is 11.6 Å². The van der Waals surface area contributed by atoms with E-state index in [1.165, 1.54) is 13.2 Å². The molecule has 2 rings (SSSR count). The smallest absolute Gasteiger partial charge is 0.337 e. The third kappa shape index (κ3) is 4.99. The van der Waals surface area contributed by atoms with Gasteiger partial charge in [-0.1, -0.05) is 50.6 Å². The highest BCUT2D eigenvalue weighted by Crippen LogP contribution is 2.29. The molecule has 0 unspecified atom stereocenters. The van der Waals surface area contributed by atoms with Gasteiger partial charge in [0.15, 0.2) is 0 Å². The van der Waals surface area contributed by atoms with Crippen molar-refractivity contribution in [2.24, 2.45) is 0 Å². The SMILES string of the molecule is COC(=O)c1ccc(Cl)c(NC(=O)CNc2ccccc2C(C)(C)C)c1. The summed E-state index contributed by atoms with van der Waals surface area (Å²) in [6.45, 7) is 6.43. The van der Waals surface area contributed by atoms with Gasteiger partial charge in [0.25, 0.3) is 0 Å². The lowest BCUT2D eigenvalue weighted by molar-refractivity contribution is -0.114. The van der Waals surface area contributed by atoms with Gasteiger partial charge in [-0.15, -0.1) is 0 Å². The molecule has 0 atom stereocenters. The van der Waals surface area contributed by atoms with Crippen molar-refractivity contribution in [1.29, 1.82) is 0 Å². The van der Waals surface area contributed by atoms with Crippen molar-refractivity contribution >= 4 is 34.9 Å². The summed E-state index contributed by atoms with van der Waals surface area (Å²) in [6, 6.07) is 12.5. The van der Waals surface area contributed by atoms with E-state index in [0.717, 1.165) is 11.3 Å². The van der Waals surface area contributed by atoms with Gasteiger partial charge >= 0.3 is 5.97 Å². The van der Waals surface area contributed by atoms with Crippen molar-refractivity contribution in [3.63, 3.8) is 0 Å². The van der Waals surface area contributed by atoms with Crippen molar-refractivity contribution in [2.45, 2.75) is 26.2 Å². The van der Waals surface area contributed by atoms with Crippen LogP contribution in [0.15, 0.2) is 42.5 Å². The molecule has 26 heavy (non-hydrogen) atoms. The number of para-hydroxylation sites is 1. The number of carbonyl (C=O) groups excluding carboxylic acids is 2. The van der Waals surface area contributed by atoms with Crippen molar-refractivity contribution in [3.05, 3.63) is 58.6 Å². The number of methoxy groups -OCH3 is 1. The van der Waals surface area contributed by atoms with Crippen molar-refractivity contribution in [3.8, 4) is 0 Å². The number of ether oxygens (including phenoxy) is 1. The van der Waals surface area contributed by atoms with E-state index in [-0.39, 0.29) is 17.9 Å². The zero-order valence-electron chi connectivity index (χ0n) is 15.4. The fourth-order valence-corrected chi connectivity index (χ4v) is 2.69. The molecule has 0 heterocycles. The molecule has 6 heteroatoms. The Morgan fingerprint density at radius 1 is 1.08 bits per heavy atom. The molecule has 0 aliphatic heterocycles. The van der Waals surface area contributed by atoms with Crippen LogP contribution in [0.4, 0.5) is 11.4 Å². The van der Waals surface area contributed by atoms with Gasteiger partial charge in [-0.25, -0.2) is 4.79 Å². The largest absolute Gasteiger partial charge is 0.465 e. The molecule has 0 radical (unpaired) electrons. The first-order valence-electron chi connectivity index (χ1n) is 8.23. The Morgan fingerprint density at radius 3 is 2.42 bits per heavy atom. The average molecular weight is 375 g/mol. The number of hydrogen-bond donors (Lipinski definition) is 2. The van der Waals surface area contributed by atoms with Crippen LogP contribution in [0.1, 0.15) is 36.7 Å². The number of nitrogens with one attached hydrogen (secondary N) is 2. The predicted octanol–water partition coefficient (Wildman–Crippen LogP) is 4.47. The number of anilines is 2. The summed E-state index contributed by atoms with van der Waals surface area (Å²) in [5.74, 6) is -0.757. The van der Waals surface area contributed by atoms with Gasteiger partial charge in [0.05, 0.1) is 29.9 Å². The third-order valence-corrected chi connectivity index (χ3v) is 4.17. The molecule has 2 aromatic carbocycles. The highest BCUT2D eigenvalue weighted by molar-refractivity contribution is 6.33. The Hall–Kier alpha value is -2.53. The Morgan fingerprint density at radius 2 is 1.77 bits per heavy atom. The van der Waals surface area contributed by atoms with Crippen LogP contribution in [0.25, 0.3) is 0 Å². The summed E-state index contributed by atoms with van der Waals surface area (Å²) in [7, 11) is 1.30. The lowest BCUT2D eigenvalue weighted by atomic mass is 9.86. The van der Waals surface area contributed by atoms with Gasteiger partial charge in [-0.3, -0.25) is 4.79 Å². The second kappa shape index (κ2) is 8.23. The molecule has 2 N–H and O–H groups in total. The highest BCUT2D eigenvalue weighted by Gasteiger charge is 2.18. The van der Waals surface area contributed by atoms with Gasteiger partial charge in [0.2, 0.25) is 5.91 Å². The zero-order valence-corrected chi connectivity index (χ0v) is 16.1. The Balaban J connectivity index is 2.08. The number of carbonyl (C=O) groups is 2. The Bertz CT molecular complexity index is 813. The van der Waals surface area contributed by atoms with Crippen molar-refractivity contribution < 1.29 is 14.3 Å². The quantitative estimate of drug-likeness (QED) is 0.757. The second-order valence-electron chi connectivity index (χ2n) is 6.88. The van der Waals surface area contributed by atoms with E-state index in [1.54, 1.807) is 12.1 Å². The molecule has 2 aromatic rings. The molecule has 0 spiro atoms. The van der Waals surface area contributed by atoms with Crippen LogP contribution in [-0.2, 0) is 14.9 Å². The lowest BCUT2D eigenvalue weighted by Gasteiger charge is -2.23. The number of rotatable bonds is 5. The molecule has 0 aliphatic rings. The van der Waals surface area contributed by atoms with Gasteiger partial charge < -0.3 is 15.4 Å². The molecule has 0 bridgehead atoms. The van der Waals surface area contributed by atoms with E-state index in [9.17, 15) is 9.59 Å². The molecule has 0 aromatic heterocycles. The van der Waals surface area contributed by atoms with Crippen LogP contribution in [0, 0.1) is 0 Å². The molecule has 1 amide bonds. The zero-order chi connectivity index (χ0) is 19.3. The summed E-state index contributed by atoms with van der Waals surface area (Å²) in [4.78, 5) is 23.9. The topological polar surface area (TPSA) is 67.4 Å². The average Bonchev–Trinajstić information content (AvgIpc) is 2.60. The van der Waals surface area contributed by atoms with E-state index in [2.05, 4.69) is 36.1 Å². The summed E-state index contributed by atoms with van der Waals surface area (Å²) in [5, 5.41) is 6.23. The minimum absolute atomic E-state index is 0.0434. The van der Waals surface area contributed by atoms with Gasteiger partial charge in [-0.05, 0) is 35.2 Å². The number of amides is 1. The van der Waals surface area contributed by atoms with E-state index >= 15 is 0 Å². The van der Waals surface area contributed by atoms with Crippen LogP contribution < -0.4 is 10.6 Å². The normalized spacial score (nSPS) is 11.0. The number of benzene rings is 2. The van der Waals surface area contributed by atoms with Crippen LogP contribution in [-0.4, -0.2) is 25.5 Å². The molecule has 0 saturated heterocycles. The summed E-state index contributed by atoms with van der Waals surface area (Å²) in [6.07, 6.45) is 0. The monoisotopic (exact) mass is 374 g/mol. The molecule has 5 nitrogen and oxygen atoms in total. The second-order valence-corrected chi connectivity index (χ2v) is 7.29. The number of halogens is 1. The Kier molecular flexibility index (Phi) is 6.27. The maximum atomic E-state index is 12.3. The molecule has 0 saturated carbocycles. The van der Waals surface area contributed by atoms with Gasteiger partial charge in [0.1, 0.15) is 0 Å². The third-order valence-electron chi connectivity index (χ3n) is 3.84. The van der Waals surface area contributed by atoms with Crippen LogP contribution in [0.3, 0.4) is 0 Å². The van der Waals surface area contributed by atoms with Crippen LogP contribution in [0.2, 0.25) is 5.02 Å². The minimum Gasteiger partial charge on any atom is -0.465 e. The van der Waals surface area contributed by atoms with Crippen LogP contribution >= 0.6 is 11.6 Å². The highest BCUT2D eigenvalue weighted by atomic mass is 35.5. The molecule has 138 valence electrons.